The number of para-hydroxylation sites is 1. The van der Waals surface area contributed by atoms with Crippen molar-refractivity contribution >= 4 is 46.9 Å². The fraction of sp³-hybridized carbons (Fsp3) is 0.0571. The third kappa shape index (κ3) is 7.90. The zero-order valence-electron chi connectivity index (χ0n) is 23.3. The smallest absolute Gasteiger partial charge is 0.272 e. The SMILES string of the molecule is Cc1ccccc1NC(=O)C(Sc1ccc(NC(=O)/C(=C/c2ccco2)NC(=O)c2ccccc2)cc1)c1ccccc1. The first kappa shape index (κ1) is 29.2. The normalized spacial score (nSPS) is 11.8. The number of thioether (sulfide) groups is 1. The molecule has 8 heteroatoms. The average molecular weight is 588 g/mol. The Labute approximate surface area is 254 Å². The Morgan fingerprint density at radius 3 is 2.09 bits per heavy atom. The summed E-state index contributed by atoms with van der Waals surface area (Å²) >= 11 is 1.41. The van der Waals surface area contributed by atoms with Gasteiger partial charge >= 0.3 is 0 Å². The van der Waals surface area contributed by atoms with Crippen LogP contribution in [-0.4, -0.2) is 17.7 Å². The second kappa shape index (κ2) is 14.0. The molecular weight excluding hydrogens is 558 g/mol. The maximum absolute atomic E-state index is 13.4. The summed E-state index contributed by atoms with van der Waals surface area (Å²) in [6.45, 7) is 1.95. The minimum atomic E-state index is -0.513. The molecule has 4 aromatic carbocycles. The fourth-order valence-electron chi connectivity index (χ4n) is 4.22. The zero-order chi connectivity index (χ0) is 30.0. The number of amides is 3. The van der Waals surface area contributed by atoms with Crippen molar-refractivity contribution in [3.8, 4) is 0 Å². The van der Waals surface area contributed by atoms with Crippen LogP contribution in [0.4, 0.5) is 11.4 Å². The molecule has 214 valence electrons. The predicted molar refractivity (Wildman–Crippen MR) is 171 cm³/mol. The van der Waals surface area contributed by atoms with E-state index < -0.39 is 17.1 Å². The molecule has 0 bridgehead atoms. The van der Waals surface area contributed by atoms with Gasteiger partial charge in [-0.1, -0.05) is 66.7 Å². The topological polar surface area (TPSA) is 100 Å². The van der Waals surface area contributed by atoms with E-state index in [4.69, 9.17) is 4.42 Å². The van der Waals surface area contributed by atoms with E-state index in [9.17, 15) is 14.4 Å². The van der Waals surface area contributed by atoms with Crippen molar-refractivity contribution in [1.29, 1.82) is 0 Å². The molecule has 1 atom stereocenters. The molecular formula is C35H29N3O4S. The van der Waals surface area contributed by atoms with E-state index in [1.54, 1.807) is 48.5 Å². The molecule has 0 radical (unpaired) electrons. The number of carbonyl (C=O) groups excluding carboxylic acids is 3. The van der Waals surface area contributed by atoms with Gasteiger partial charge in [-0.2, -0.15) is 0 Å². The predicted octanol–water partition coefficient (Wildman–Crippen LogP) is 7.47. The molecule has 0 fully saturated rings. The third-order valence-electron chi connectivity index (χ3n) is 6.47. The Hall–Kier alpha value is -5.34. The number of aryl methyl sites for hydroxylation is 1. The Balaban J connectivity index is 1.31. The molecule has 0 aliphatic rings. The lowest BCUT2D eigenvalue weighted by molar-refractivity contribution is -0.116. The fourth-order valence-corrected chi connectivity index (χ4v) is 5.25. The lowest BCUT2D eigenvalue weighted by Gasteiger charge is -2.18. The highest BCUT2D eigenvalue weighted by Crippen LogP contribution is 2.37. The number of benzene rings is 4. The second-order valence-electron chi connectivity index (χ2n) is 9.58. The summed E-state index contributed by atoms with van der Waals surface area (Å²) in [5, 5.41) is 8.07. The summed E-state index contributed by atoms with van der Waals surface area (Å²) < 4.78 is 5.36. The lowest BCUT2D eigenvalue weighted by Crippen LogP contribution is -2.30. The van der Waals surface area contributed by atoms with E-state index in [2.05, 4.69) is 16.0 Å². The maximum Gasteiger partial charge on any atom is 0.272 e. The van der Waals surface area contributed by atoms with Crippen molar-refractivity contribution in [2.45, 2.75) is 17.1 Å². The van der Waals surface area contributed by atoms with Gasteiger partial charge in [-0.3, -0.25) is 14.4 Å². The zero-order valence-corrected chi connectivity index (χ0v) is 24.1. The van der Waals surface area contributed by atoms with Gasteiger partial charge in [-0.15, -0.1) is 11.8 Å². The number of hydrogen-bond acceptors (Lipinski definition) is 5. The second-order valence-corrected chi connectivity index (χ2v) is 10.8. The molecule has 1 unspecified atom stereocenters. The van der Waals surface area contributed by atoms with Crippen LogP contribution in [0.2, 0.25) is 0 Å². The van der Waals surface area contributed by atoms with Crippen molar-refractivity contribution in [2.24, 2.45) is 0 Å². The minimum Gasteiger partial charge on any atom is -0.465 e. The quantitative estimate of drug-likeness (QED) is 0.116. The summed E-state index contributed by atoms with van der Waals surface area (Å²) in [5.74, 6) is -0.650. The summed E-state index contributed by atoms with van der Waals surface area (Å²) in [6, 6.07) is 36.5. The van der Waals surface area contributed by atoms with Gasteiger partial charge in [0.25, 0.3) is 11.8 Å². The average Bonchev–Trinajstić information content (AvgIpc) is 3.55. The van der Waals surface area contributed by atoms with Crippen LogP contribution in [0.3, 0.4) is 0 Å². The number of furan rings is 1. The first-order chi connectivity index (χ1) is 21.0. The molecule has 1 aromatic heterocycles. The highest BCUT2D eigenvalue weighted by Gasteiger charge is 2.23. The Morgan fingerprint density at radius 2 is 1.42 bits per heavy atom. The molecule has 0 spiro atoms. The molecule has 0 saturated heterocycles. The largest absolute Gasteiger partial charge is 0.465 e. The number of nitrogens with one attached hydrogen (secondary N) is 3. The summed E-state index contributed by atoms with van der Waals surface area (Å²) in [5.41, 5.74) is 3.59. The van der Waals surface area contributed by atoms with Gasteiger partial charge in [-0.25, -0.2) is 0 Å². The molecule has 0 aliphatic carbocycles. The van der Waals surface area contributed by atoms with Crippen LogP contribution in [0.15, 0.2) is 143 Å². The Kier molecular flexibility index (Phi) is 9.51. The molecule has 5 aromatic rings. The van der Waals surface area contributed by atoms with Gasteiger partial charge in [0.15, 0.2) is 0 Å². The highest BCUT2D eigenvalue weighted by atomic mass is 32.2. The van der Waals surface area contributed by atoms with Crippen molar-refractivity contribution in [3.05, 3.63) is 156 Å². The number of hydrogen-bond donors (Lipinski definition) is 3. The van der Waals surface area contributed by atoms with Crippen LogP contribution < -0.4 is 16.0 Å². The number of anilines is 2. The van der Waals surface area contributed by atoms with Gasteiger partial charge in [0.05, 0.1) is 6.26 Å². The molecule has 3 N–H and O–H groups in total. The van der Waals surface area contributed by atoms with Crippen LogP contribution in [0, 0.1) is 6.92 Å². The van der Waals surface area contributed by atoms with Crippen LogP contribution in [-0.2, 0) is 9.59 Å². The van der Waals surface area contributed by atoms with E-state index in [-0.39, 0.29) is 11.6 Å². The van der Waals surface area contributed by atoms with Crippen LogP contribution in [0.1, 0.15) is 32.5 Å². The summed E-state index contributed by atoms with van der Waals surface area (Å²) in [4.78, 5) is 40.3. The van der Waals surface area contributed by atoms with Crippen molar-refractivity contribution in [2.75, 3.05) is 10.6 Å². The van der Waals surface area contributed by atoms with E-state index in [0.29, 0.717) is 17.0 Å². The minimum absolute atomic E-state index is 0.0271. The monoisotopic (exact) mass is 587 g/mol. The van der Waals surface area contributed by atoms with Crippen molar-refractivity contribution < 1.29 is 18.8 Å². The molecule has 1 heterocycles. The third-order valence-corrected chi connectivity index (χ3v) is 7.73. The standard InChI is InChI=1S/C35H29N3O4S/c1-24-11-8-9-17-30(24)37-35(41)32(25-12-4-2-5-13-25)43-29-20-18-27(19-21-29)36-34(40)31(23-28-16-10-22-42-28)38-33(39)26-14-6-3-7-15-26/h2-23,32H,1H3,(H,36,40)(H,37,41)(H,38,39)/b31-23-. The molecule has 5 rings (SSSR count). The van der Waals surface area contributed by atoms with Crippen LogP contribution in [0.5, 0.6) is 0 Å². The van der Waals surface area contributed by atoms with E-state index >= 15 is 0 Å². The first-order valence-corrected chi connectivity index (χ1v) is 14.5. The van der Waals surface area contributed by atoms with Gasteiger partial charge in [0.2, 0.25) is 5.91 Å². The molecule has 3 amide bonds. The van der Waals surface area contributed by atoms with Gasteiger partial charge in [-0.05, 0) is 72.6 Å². The van der Waals surface area contributed by atoms with Crippen molar-refractivity contribution in [3.63, 3.8) is 0 Å². The number of rotatable bonds is 10. The van der Waals surface area contributed by atoms with Crippen LogP contribution in [0.25, 0.3) is 6.08 Å². The molecule has 0 aliphatic heterocycles. The van der Waals surface area contributed by atoms with Gasteiger partial charge in [0.1, 0.15) is 16.7 Å². The number of carbonyl (C=O) groups is 3. The van der Waals surface area contributed by atoms with E-state index in [1.807, 2.05) is 79.7 Å². The summed E-state index contributed by atoms with van der Waals surface area (Å²) in [7, 11) is 0. The maximum atomic E-state index is 13.4. The van der Waals surface area contributed by atoms with Crippen LogP contribution >= 0.6 is 11.8 Å². The molecule has 0 saturated carbocycles. The molecule has 43 heavy (non-hydrogen) atoms. The summed E-state index contributed by atoms with van der Waals surface area (Å²) in [6.07, 6.45) is 2.96. The Morgan fingerprint density at radius 1 is 0.744 bits per heavy atom. The Bertz CT molecular complexity index is 1720. The van der Waals surface area contributed by atoms with E-state index in [1.165, 1.54) is 24.1 Å². The molecule has 7 nitrogen and oxygen atoms in total. The first-order valence-electron chi connectivity index (χ1n) is 13.6. The van der Waals surface area contributed by atoms with E-state index in [0.717, 1.165) is 21.7 Å². The highest BCUT2D eigenvalue weighted by molar-refractivity contribution is 8.00. The van der Waals surface area contributed by atoms with Gasteiger partial charge < -0.3 is 20.4 Å². The van der Waals surface area contributed by atoms with Gasteiger partial charge in [0, 0.05) is 27.9 Å². The lowest BCUT2D eigenvalue weighted by atomic mass is 10.1. The van der Waals surface area contributed by atoms with Crippen molar-refractivity contribution in [1.82, 2.24) is 5.32 Å².